The molecule has 2 heterocycles. The van der Waals surface area contributed by atoms with Gasteiger partial charge in [0, 0.05) is 56.2 Å². The average molecular weight is 407 g/mol. The number of hydrogen-bond acceptors (Lipinski definition) is 6. The van der Waals surface area contributed by atoms with Gasteiger partial charge in [-0.2, -0.15) is 5.10 Å². The molecule has 0 spiro atoms. The summed E-state index contributed by atoms with van der Waals surface area (Å²) < 4.78 is 0. The van der Waals surface area contributed by atoms with Gasteiger partial charge in [0.25, 0.3) is 0 Å². The van der Waals surface area contributed by atoms with Gasteiger partial charge in [-0.3, -0.25) is 10.00 Å². The molecule has 1 aliphatic heterocycles. The monoisotopic (exact) mass is 406 g/mol. The number of H-pyrrole nitrogens is 1. The lowest BCUT2D eigenvalue weighted by atomic mass is 10.2. The Morgan fingerprint density at radius 2 is 1.70 bits per heavy atom. The standard InChI is InChI=1S/C23H30N6O/c1-17(2)28-11-13-29(14-12-28)20-7-5-19(6-8-20)25-23-15-22(26-27-23)24-16-18-3-9-21(30)10-4-18/h3-10,15,17,30H,11-14,16H2,1-2H3,(H3,24,25,26,27). The van der Waals surface area contributed by atoms with Crippen LogP contribution < -0.4 is 15.5 Å². The van der Waals surface area contributed by atoms with Crippen LogP contribution in [-0.2, 0) is 6.54 Å². The molecular formula is C23H30N6O. The second-order valence-corrected chi connectivity index (χ2v) is 7.98. The van der Waals surface area contributed by atoms with Crippen molar-refractivity contribution in [3.05, 3.63) is 60.2 Å². The van der Waals surface area contributed by atoms with Gasteiger partial charge in [0.2, 0.25) is 0 Å². The lowest BCUT2D eigenvalue weighted by Crippen LogP contribution is -2.48. The van der Waals surface area contributed by atoms with E-state index in [0.29, 0.717) is 12.6 Å². The quantitative estimate of drug-likeness (QED) is 0.475. The van der Waals surface area contributed by atoms with Crippen molar-refractivity contribution in [3.63, 3.8) is 0 Å². The number of phenols is 1. The van der Waals surface area contributed by atoms with Crippen LogP contribution in [-0.4, -0.2) is 52.4 Å². The number of anilines is 4. The molecule has 0 bridgehead atoms. The van der Waals surface area contributed by atoms with Crippen LogP contribution in [0, 0.1) is 0 Å². The van der Waals surface area contributed by atoms with E-state index in [4.69, 9.17) is 0 Å². The van der Waals surface area contributed by atoms with E-state index in [1.165, 1.54) is 5.69 Å². The Balaban J connectivity index is 1.29. The summed E-state index contributed by atoms with van der Waals surface area (Å²) in [4.78, 5) is 4.97. The van der Waals surface area contributed by atoms with Crippen molar-refractivity contribution >= 4 is 23.0 Å². The van der Waals surface area contributed by atoms with E-state index < -0.39 is 0 Å². The predicted octanol–water partition coefficient (Wildman–Crippen LogP) is 4.00. The van der Waals surface area contributed by atoms with Crippen molar-refractivity contribution in [1.29, 1.82) is 0 Å². The van der Waals surface area contributed by atoms with Crippen LogP contribution in [0.15, 0.2) is 54.6 Å². The summed E-state index contributed by atoms with van der Waals surface area (Å²) in [6, 6.07) is 18.3. The van der Waals surface area contributed by atoms with Gasteiger partial charge < -0.3 is 20.6 Å². The molecule has 1 saturated heterocycles. The number of phenolic OH excluding ortho intramolecular Hbond substituents is 1. The molecule has 2 aromatic carbocycles. The zero-order valence-electron chi connectivity index (χ0n) is 17.6. The number of nitrogens with zero attached hydrogens (tertiary/aromatic N) is 3. The third kappa shape index (κ3) is 5.04. The first-order chi connectivity index (χ1) is 14.6. The smallest absolute Gasteiger partial charge is 0.150 e. The summed E-state index contributed by atoms with van der Waals surface area (Å²) in [5.41, 5.74) is 3.37. The molecule has 0 amide bonds. The summed E-state index contributed by atoms with van der Waals surface area (Å²) in [6.45, 7) is 9.55. The molecule has 30 heavy (non-hydrogen) atoms. The van der Waals surface area contributed by atoms with E-state index in [1.54, 1.807) is 12.1 Å². The number of rotatable bonds is 7. The lowest BCUT2D eigenvalue weighted by Gasteiger charge is -2.38. The Morgan fingerprint density at radius 1 is 1.00 bits per heavy atom. The summed E-state index contributed by atoms with van der Waals surface area (Å²) in [5.74, 6) is 1.88. The average Bonchev–Trinajstić information content (AvgIpc) is 3.21. The topological polar surface area (TPSA) is 79.4 Å². The molecule has 0 atom stereocenters. The molecule has 4 rings (SSSR count). The second kappa shape index (κ2) is 9.09. The first-order valence-corrected chi connectivity index (χ1v) is 10.5. The zero-order chi connectivity index (χ0) is 20.9. The molecular weight excluding hydrogens is 376 g/mol. The van der Waals surface area contributed by atoms with E-state index in [9.17, 15) is 5.11 Å². The summed E-state index contributed by atoms with van der Waals surface area (Å²) >= 11 is 0. The van der Waals surface area contributed by atoms with Gasteiger partial charge in [-0.15, -0.1) is 0 Å². The van der Waals surface area contributed by atoms with E-state index in [0.717, 1.165) is 49.1 Å². The van der Waals surface area contributed by atoms with Crippen LogP contribution in [0.25, 0.3) is 0 Å². The van der Waals surface area contributed by atoms with E-state index in [2.05, 4.69) is 68.7 Å². The molecule has 7 nitrogen and oxygen atoms in total. The van der Waals surface area contributed by atoms with Crippen LogP contribution in [0.5, 0.6) is 5.75 Å². The molecule has 4 N–H and O–H groups in total. The number of aromatic amines is 1. The van der Waals surface area contributed by atoms with Crippen molar-refractivity contribution in [3.8, 4) is 5.75 Å². The summed E-state index contributed by atoms with van der Waals surface area (Å²) in [5, 5.41) is 23.3. The molecule has 0 unspecified atom stereocenters. The van der Waals surface area contributed by atoms with Gasteiger partial charge in [0.05, 0.1) is 0 Å². The van der Waals surface area contributed by atoms with Crippen molar-refractivity contribution in [1.82, 2.24) is 15.1 Å². The van der Waals surface area contributed by atoms with Crippen molar-refractivity contribution in [2.75, 3.05) is 41.7 Å². The molecule has 1 fully saturated rings. The Bertz CT molecular complexity index is 927. The molecule has 158 valence electrons. The summed E-state index contributed by atoms with van der Waals surface area (Å²) in [7, 11) is 0. The SMILES string of the molecule is CC(C)N1CCN(c2ccc(Nc3cc(NCc4ccc(O)cc4)n[nH]3)cc2)CC1. The minimum absolute atomic E-state index is 0.272. The lowest BCUT2D eigenvalue weighted by molar-refractivity contribution is 0.209. The van der Waals surface area contributed by atoms with Crippen molar-refractivity contribution < 1.29 is 5.11 Å². The maximum atomic E-state index is 9.36. The Morgan fingerprint density at radius 3 is 2.37 bits per heavy atom. The highest BCUT2D eigenvalue weighted by Gasteiger charge is 2.18. The minimum atomic E-state index is 0.272. The van der Waals surface area contributed by atoms with Crippen LogP contribution in [0.1, 0.15) is 19.4 Å². The van der Waals surface area contributed by atoms with Crippen LogP contribution >= 0.6 is 0 Å². The number of benzene rings is 2. The Kier molecular flexibility index (Phi) is 6.09. The second-order valence-electron chi connectivity index (χ2n) is 7.98. The van der Waals surface area contributed by atoms with Gasteiger partial charge in [0.15, 0.2) is 0 Å². The van der Waals surface area contributed by atoms with Crippen LogP contribution in [0.3, 0.4) is 0 Å². The van der Waals surface area contributed by atoms with Gasteiger partial charge in [-0.25, -0.2) is 0 Å². The predicted molar refractivity (Wildman–Crippen MR) is 123 cm³/mol. The molecule has 3 aromatic rings. The largest absolute Gasteiger partial charge is 0.508 e. The maximum absolute atomic E-state index is 9.36. The minimum Gasteiger partial charge on any atom is -0.508 e. The first kappa shape index (κ1) is 20.1. The Hall–Kier alpha value is -3.19. The van der Waals surface area contributed by atoms with E-state index >= 15 is 0 Å². The fourth-order valence-electron chi connectivity index (χ4n) is 3.69. The van der Waals surface area contributed by atoms with Gasteiger partial charge in [-0.1, -0.05) is 12.1 Å². The molecule has 0 aliphatic carbocycles. The van der Waals surface area contributed by atoms with Crippen LogP contribution in [0.4, 0.5) is 23.0 Å². The van der Waals surface area contributed by atoms with E-state index in [-0.39, 0.29) is 5.75 Å². The number of aromatic hydroxyl groups is 1. The molecule has 1 aromatic heterocycles. The van der Waals surface area contributed by atoms with Gasteiger partial charge in [-0.05, 0) is 55.8 Å². The normalized spacial score (nSPS) is 14.8. The molecule has 0 saturated carbocycles. The highest BCUT2D eigenvalue weighted by molar-refractivity contribution is 5.62. The number of hydrogen-bond donors (Lipinski definition) is 4. The zero-order valence-corrected chi connectivity index (χ0v) is 17.6. The number of aromatic nitrogens is 2. The van der Waals surface area contributed by atoms with Gasteiger partial charge in [0.1, 0.15) is 17.4 Å². The first-order valence-electron chi connectivity index (χ1n) is 10.5. The maximum Gasteiger partial charge on any atom is 0.150 e. The fraction of sp³-hybridized carbons (Fsp3) is 0.348. The molecule has 7 heteroatoms. The van der Waals surface area contributed by atoms with Crippen LogP contribution in [0.2, 0.25) is 0 Å². The van der Waals surface area contributed by atoms with Crippen molar-refractivity contribution in [2.24, 2.45) is 0 Å². The highest BCUT2D eigenvalue weighted by Crippen LogP contribution is 2.23. The third-order valence-electron chi connectivity index (χ3n) is 5.54. The van der Waals surface area contributed by atoms with Gasteiger partial charge >= 0.3 is 0 Å². The fourth-order valence-corrected chi connectivity index (χ4v) is 3.69. The molecule has 0 radical (unpaired) electrons. The third-order valence-corrected chi connectivity index (χ3v) is 5.54. The Labute approximate surface area is 177 Å². The molecule has 1 aliphatic rings. The number of nitrogens with one attached hydrogen (secondary N) is 3. The highest BCUT2D eigenvalue weighted by atomic mass is 16.3. The van der Waals surface area contributed by atoms with Crippen molar-refractivity contribution in [2.45, 2.75) is 26.4 Å². The number of piperazine rings is 1. The summed E-state index contributed by atoms with van der Waals surface area (Å²) in [6.07, 6.45) is 0. The van der Waals surface area contributed by atoms with E-state index in [1.807, 2.05) is 18.2 Å².